The van der Waals surface area contributed by atoms with Gasteiger partial charge in [-0.15, -0.1) is 11.3 Å². The van der Waals surface area contributed by atoms with Crippen LogP contribution in [0.3, 0.4) is 0 Å². The Morgan fingerprint density at radius 1 is 1.50 bits per heavy atom. The van der Waals surface area contributed by atoms with Gasteiger partial charge in [-0.25, -0.2) is 14.6 Å². The number of aromatic nitrogens is 1. The molecule has 1 heterocycles. The minimum Gasteiger partial charge on any atom is -0.476 e. The van der Waals surface area contributed by atoms with E-state index in [9.17, 15) is 9.59 Å². The number of urea groups is 1. The number of nitrogens with one attached hydrogen (secondary N) is 2. The monoisotopic (exact) mass is 269 g/mol. The highest BCUT2D eigenvalue weighted by Crippen LogP contribution is 2.08. The van der Waals surface area contributed by atoms with Gasteiger partial charge in [0, 0.05) is 11.9 Å². The fraction of sp³-hybridized carbons (Fsp3) is 0.364. The summed E-state index contributed by atoms with van der Waals surface area (Å²) >= 11 is 1.21. The molecule has 0 aliphatic rings. The second-order valence-corrected chi connectivity index (χ2v) is 4.34. The van der Waals surface area contributed by atoms with Crippen molar-refractivity contribution >= 4 is 23.3 Å². The molecule has 0 fully saturated rings. The van der Waals surface area contributed by atoms with Gasteiger partial charge in [0.1, 0.15) is 5.01 Å². The van der Waals surface area contributed by atoms with Crippen molar-refractivity contribution in [1.82, 2.24) is 15.6 Å². The van der Waals surface area contributed by atoms with Crippen molar-refractivity contribution in [2.24, 2.45) is 0 Å². The van der Waals surface area contributed by atoms with Gasteiger partial charge in [0.15, 0.2) is 5.69 Å². The van der Waals surface area contributed by atoms with E-state index in [4.69, 9.17) is 5.11 Å². The molecule has 7 heteroatoms. The molecule has 0 radical (unpaired) electrons. The molecule has 0 saturated carbocycles. The number of carbonyl (C=O) groups excluding carboxylic acids is 1. The highest BCUT2D eigenvalue weighted by Gasteiger charge is 2.08. The largest absolute Gasteiger partial charge is 0.476 e. The third kappa shape index (κ3) is 4.96. The predicted molar refractivity (Wildman–Crippen MR) is 68.7 cm³/mol. The number of carboxylic acids is 1. The highest BCUT2D eigenvalue weighted by atomic mass is 32.1. The zero-order valence-electron chi connectivity index (χ0n) is 9.97. The number of nitrogens with zero attached hydrogens (tertiary/aromatic N) is 1. The molecule has 0 aliphatic heterocycles. The molecular formula is C11H15N3O3S. The Hall–Kier alpha value is -1.89. The van der Waals surface area contributed by atoms with Crippen molar-refractivity contribution in [3.05, 3.63) is 28.2 Å². The van der Waals surface area contributed by atoms with Crippen molar-refractivity contribution in [3.8, 4) is 0 Å². The fourth-order valence-corrected chi connectivity index (χ4v) is 1.85. The van der Waals surface area contributed by atoms with E-state index < -0.39 is 5.97 Å². The number of hydrogen-bond acceptors (Lipinski definition) is 4. The smallest absolute Gasteiger partial charge is 0.355 e. The Labute approximate surface area is 109 Å². The van der Waals surface area contributed by atoms with E-state index in [1.165, 1.54) is 16.7 Å². The normalized spacial score (nSPS) is 10.5. The molecule has 0 saturated heterocycles. The minimum absolute atomic E-state index is 0.00490. The molecule has 18 heavy (non-hydrogen) atoms. The number of allylic oxidation sites excluding steroid dienone is 1. The first-order valence-electron chi connectivity index (χ1n) is 5.44. The van der Waals surface area contributed by atoms with Crippen LogP contribution in [-0.2, 0) is 6.54 Å². The van der Waals surface area contributed by atoms with E-state index in [1.54, 1.807) is 0 Å². The maximum absolute atomic E-state index is 11.3. The fourth-order valence-electron chi connectivity index (χ4n) is 1.14. The Kier molecular flexibility index (Phi) is 5.86. The summed E-state index contributed by atoms with van der Waals surface area (Å²) in [4.78, 5) is 25.8. The van der Waals surface area contributed by atoms with Crippen LogP contribution in [0, 0.1) is 0 Å². The van der Waals surface area contributed by atoms with Gasteiger partial charge >= 0.3 is 12.0 Å². The molecule has 0 spiro atoms. The van der Waals surface area contributed by atoms with Crippen molar-refractivity contribution in [1.29, 1.82) is 0 Å². The van der Waals surface area contributed by atoms with Gasteiger partial charge in [-0.3, -0.25) is 0 Å². The third-order valence-corrected chi connectivity index (χ3v) is 2.85. The zero-order valence-corrected chi connectivity index (χ0v) is 10.8. The molecule has 0 atom stereocenters. The first-order valence-corrected chi connectivity index (χ1v) is 6.32. The molecule has 0 aliphatic carbocycles. The summed E-state index contributed by atoms with van der Waals surface area (Å²) < 4.78 is 0. The van der Waals surface area contributed by atoms with E-state index in [2.05, 4.69) is 15.6 Å². The molecule has 1 rings (SSSR count). The molecular weight excluding hydrogens is 254 g/mol. The highest BCUT2D eigenvalue weighted by molar-refractivity contribution is 7.09. The van der Waals surface area contributed by atoms with E-state index in [1.807, 2.05) is 19.1 Å². The van der Waals surface area contributed by atoms with Crippen molar-refractivity contribution in [3.63, 3.8) is 0 Å². The van der Waals surface area contributed by atoms with E-state index in [-0.39, 0.29) is 18.3 Å². The molecule has 0 unspecified atom stereocenters. The summed E-state index contributed by atoms with van der Waals surface area (Å²) in [6.07, 6.45) is 4.66. The van der Waals surface area contributed by atoms with E-state index >= 15 is 0 Å². The quantitative estimate of drug-likeness (QED) is 0.540. The summed E-state index contributed by atoms with van der Waals surface area (Å²) in [6, 6.07) is -0.286. The lowest BCUT2D eigenvalue weighted by atomic mass is 10.4. The average Bonchev–Trinajstić information content (AvgIpc) is 2.81. The SMILES string of the molecule is C/C=C/CCNC(=O)NCc1nc(C(=O)O)cs1. The Morgan fingerprint density at radius 3 is 2.89 bits per heavy atom. The standard InChI is InChI=1S/C11H15N3O3S/c1-2-3-4-5-12-11(17)13-6-9-14-8(7-18-9)10(15)16/h2-3,7H,4-6H2,1H3,(H,15,16)(H2,12,13,17)/b3-2+. The van der Waals surface area contributed by atoms with Crippen LogP contribution in [0.2, 0.25) is 0 Å². The number of carboxylic acid groups (broad SMARTS) is 1. The number of aromatic carboxylic acids is 1. The maximum Gasteiger partial charge on any atom is 0.355 e. The molecule has 98 valence electrons. The van der Waals surface area contributed by atoms with Crippen molar-refractivity contribution in [2.45, 2.75) is 19.9 Å². The minimum atomic E-state index is -1.06. The first kappa shape index (κ1) is 14.2. The van der Waals surface area contributed by atoms with Crippen molar-refractivity contribution in [2.75, 3.05) is 6.54 Å². The zero-order chi connectivity index (χ0) is 13.4. The number of carbonyl (C=O) groups is 2. The van der Waals surface area contributed by atoms with Crippen LogP contribution in [0.5, 0.6) is 0 Å². The molecule has 2 amide bonds. The van der Waals surface area contributed by atoms with Gasteiger partial charge < -0.3 is 15.7 Å². The van der Waals surface area contributed by atoms with Crippen LogP contribution >= 0.6 is 11.3 Å². The Balaban J connectivity index is 2.27. The number of amides is 2. The summed E-state index contributed by atoms with van der Waals surface area (Å²) in [5, 5.41) is 16.0. The van der Waals surface area contributed by atoms with Crippen LogP contribution in [0.15, 0.2) is 17.5 Å². The van der Waals surface area contributed by atoms with E-state index in [0.717, 1.165) is 6.42 Å². The van der Waals surface area contributed by atoms with Gasteiger partial charge in [0.25, 0.3) is 0 Å². The Morgan fingerprint density at radius 2 is 2.28 bits per heavy atom. The van der Waals surface area contributed by atoms with Gasteiger partial charge in [-0.1, -0.05) is 12.2 Å². The van der Waals surface area contributed by atoms with Crippen LogP contribution in [0.1, 0.15) is 28.8 Å². The van der Waals surface area contributed by atoms with Crippen LogP contribution in [0.4, 0.5) is 4.79 Å². The lowest BCUT2D eigenvalue weighted by molar-refractivity contribution is 0.0691. The third-order valence-electron chi connectivity index (χ3n) is 2.00. The Bertz CT molecular complexity index is 442. The number of rotatable bonds is 6. The first-order chi connectivity index (χ1) is 8.63. The second-order valence-electron chi connectivity index (χ2n) is 3.40. The summed E-state index contributed by atoms with van der Waals surface area (Å²) in [6.45, 7) is 2.71. The second kappa shape index (κ2) is 7.44. The molecule has 1 aromatic rings. The van der Waals surface area contributed by atoms with Crippen LogP contribution in [0.25, 0.3) is 0 Å². The number of thiazole rings is 1. The van der Waals surface area contributed by atoms with Gasteiger partial charge in [-0.05, 0) is 13.3 Å². The molecule has 0 aromatic carbocycles. The van der Waals surface area contributed by atoms with Crippen LogP contribution in [-0.4, -0.2) is 28.6 Å². The molecule has 1 aromatic heterocycles. The lowest BCUT2D eigenvalue weighted by Gasteiger charge is -2.04. The average molecular weight is 269 g/mol. The van der Waals surface area contributed by atoms with Crippen LogP contribution < -0.4 is 10.6 Å². The van der Waals surface area contributed by atoms with Gasteiger partial charge in [0.2, 0.25) is 0 Å². The molecule has 3 N–H and O–H groups in total. The molecule has 6 nitrogen and oxygen atoms in total. The molecule has 0 bridgehead atoms. The summed E-state index contributed by atoms with van der Waals surface area (Å²) in [5.74, 6) is -1.06. The maximum atomic E-state index is 11.3. The summed E-state index contributed by atoms with van der Waals surface area (Å²) in [7, 11) is 0. The summed E-state index contributed by atoms with van der Waals surface area (Å²) in [5.41, 5.74) is 0.00490. The lowest BCUT2D eigenvalue weighted by Crippen LogP contribution is -2.35. The topological polar surface area (TPSA) is 91.3 Å². The van der Waals surface area contributed by atoms with Gasteiger partial charge in [-0.2, -0.15) is 0 Å². The van der Waals surface area contributed by atoms with E-state index in [0.29, 0.717) is 11.6 Å². The van der Waals surface area contributed by atoms with Gasteiger partial charge in [0.05, 0.1) is 6.54 Å². The van der Waals surface area contributed by atoms with Crippen molar-refractivity contribution < 1.29 is 14.7 Å². The predicted octanol–water partition coefficient (Wildman–Crippen LogP) is 1.61. The number of hydrogen-bond donors (Lipinski definition) is 3.